The summed E-state index contributed by atoms with van der Waals surface area (Å²) in [7, 11) is -1.81. The molecule has 0 radical (unpaired) electrons. The van der Waals surface area contributed by atoms with Crippen molar-refractivity contribution >= 4 is 21.9 Å². The quantitative estimate of drug-likeness (QED) is 0.523. The zero-order valence-electron chi connectivity index (χ0n) is 19.1. The van der Waals surface area contributed by atoms with Crippen LogP contribution in [0.25, 0.3) is 0 Å². The molecule has 1 saturated heterocycles. The number of rotatable bonds is 9. The molecule has 2 aromatic rings. The van der Waals surface area contributed by atoms with E-state index in [0.717, 1.165) is 36.8 Å². The standard InChI is InChI=1S/C25H32N2O5S/c1-26(19-22-9-5-4-6-10-22)24(28)20-32-25(29)16-13-21-11-14-23(15-12-21)33(30,31)27-17-7-2-3-8-18-27/h4-6,9-12,14-15H,2-3,7-8,13,16-20H2,1H3. The first kappa shape index (κ1) is 24.9. The van der Waals surface area contributed by atoms with Crippen molar-refractivity contribution in [1.82, 2.24) is 9.21 Å². The summed E-state index contributed by atoms with van der Waals surface area (Å²) in [5.74, 6) is -0.729. The molecule has 0 saturated carbocycles. The fraction of sp³-hybridized carbons (Fsp3) is 0.440. The molecule has 0 N–H and O–H groups in total. The Morgan fingerprint density at radius 1 is 0.909 bits per heavy atom. The van der Waals surface area contributed by atoms with E-state index >= 15 is 0 Å². The maximum Gasteiger partial charge on any atom is 0.306 e. The van der Waals surface area contributed by atoms with Crippen LogP contribution in [-0.4, -0.2) is 56.2 Å². The molecule has 178 valence electrons. The van der Waals surface area contributed by atoms with Crippen LogP contribution in [0.1, 0.15) is 43.2 Å². The van der Waals surface area contributed by atoms with Crippen molar-refractivity contribution in [3.05, 3.63) is 65.7 Å². The van der Waals surface area contributed by atoms with Crippen LogP contribution in [0.3, 0.4) is 0 Å². The molecule has 1 fully saturated rings. The SMILES string of the molecule is CN(Cc1ccccc1)C(=O)COC(=O)CCc1ccc(S(=O)(=O)N2CCCCCC2)cc1. The van der Waals surface area contributed by atoms with E-state index in [1.165, 1.54) is 4.90 Å². The molecule has 0 aromatic heterocycles. The van der Waals surface area contributed by atoms with Gasteiger partial charge in [0.1, 0.15) is 0 Å². The van der Waals surface area contributed by atoms with E-state index in [4.69, 9.17) is 4.74 Å². The number of sulfonamides is 1. The maximum absolute atomic E-state index is 12.9. The average Bonchev–Trinajstić information content (AvgIpc) is 3.12. The highest BCUT2D eigenvalue weighted by Gasteiger charge is 2.25. The molecule has 2 aromatic carbocycles. The summed E-state index contributed by atoms with van der Waals surface area (Å²) >= 11 is 0. The third-order valence-corrected chi connectivity index (χ3v) is 7.70. The zero-order chi connectivity index (χ0) is 23.7. The van der Waals surface area contributed by atoms with Gasteiger partial charge in [0.2, 0.25) is 10.0 Å². The lowest BCUT2D eigenvalue weighted by Crippen LogP contribution is -2.31. The molecule has 0 unspecified atom stereocenters. The van der Waals surface area contributed by atoms with Gasteiger partial charge >= 0.3 is 5.97 Å². The second-order valence-corrected chi connectivity index (χ2v) is 10.3. The number of benzene rings is 2. The molecule has 1 heterocycles. The van der Waals surface area contributed by atoms with Gasteiger partial charge in [-0.05, 0) is 42.5 Å². The van der Waals surface area contributed by atoms with Crippen LogP contribution in [0.4, 0.5) is 0 Å². The first-order valence-corrected chi connectivity index (χ1v) is 12.8. The summed E-state index contributed by atoms with van der Waals surface area (Å²) in [4.78, 5) is 26.1. The number of hydrogen-bond donors (Lipinski definition) is 0. The van der Waals surface area contributed by atoms with Crippen LogP contribution in [0, 0.1) is 0 Å². The van der Waals surface area contributed by atoms with E-state index in [2.05, 4.69) is 0 Å². The van der Waals surface area contributed by atoms with E-state index < -0.39 is 16.0 Å². The number of esters is 1. The summed E-state index contributed by atoms with van der Waals surface area (Å²) in [6.07, 6.45) is 4.45. The number of carbonyl (C=O) groups is 2. The smallest absolute Gasteiger partial charge is 0.306 e. The monoisotopic (exact) mass is 472 g/mol. The molecule has 33 heavy (non-hydrogen) atoms. The first-order valence-electron chi connectivity index (χ1n) is 11.4. The minimum Gasteiger partial charge on any atom is -0.456 e. The predicted octanol–water partition coefficient (Wildman–Crippen LogP) is 3.39. The van der Waals surface area contributed by atoms with Gasteiger partial charge in [0.15, 0.2) is 6.61 Å². The Kier molecular flexibility index (Phi) is 9.03. The van der Waals surface area contributed by atoms with Crippen LogP contribution >= 0.6 is 0 Å². The van der Waals surface area contributed by atoms with E-state index in [-0.39, 0.29) is 23.8 Å². The number of carbonyl (C=O) groups excluding carboxylic acids is 2. The number of nitrogens with zero attached hydrogens (tertiary/aromatic N) is 2. The molecular weight excluding hydrogens is 440 g/mol. The number of amides is 1. The van der Waals surface area contributed by atoms with Crippen molar-refractivity contribution in [2.45, 2.75) is 50.0 Å². The second-order valence-electron chi connectivity index (χ2n) is 8.36. The van der Waals surface area contributed by atoms with Crippen molar-refractivity contribution in [2.75, 3.05) is 26.7 Å². The van der Waals surface area contributed by atoms with Gasteiger partial charge in [-0.25, -0.2) is 8.42 Å². The summed E-state index contributed by atoms with van der Waals surface area (Å²) < 4.78 is 32.4. The third-order valence-electron chi connectivity index (χ3n) is 5.79. The second kappa shape index (κ2) is 12.0. The summed E-state index contributed by atoms with van der Waals surface area (Å²) in [6, 6.07) is 16.3. The fourth-order valence-electron chi connectivity index (χ4n) is 3.78. The van der Waals surface area contributed by atoms with E-state index in [1.54, 1.807) is 35.6 Å². The van der Waals surface area contributed by atoms with Gasteiger partial charge in [-0.1, -0.05) is 55.3 Å². The Morgan fingerprint density at radius 2 is 1.55 bits per heavy atom. The molecule has 8 heteroatoms. The van der Waals surface area contributed by atoms with Crippen molar-refractivity contribution in [3.63, 3.8) is 0 Å². The van der Waals surface area contributed by atoms with E-state index in [0.29, 0.717) is 26.1 Å². The van der Waals surface area contributed by atoms with Crippen LogP contribution in [-0.2, 0) is 37.3 Å². The van der Waals surface area contributed by atoms with Crippen molar-refractivity contribution in [1.29, 1.82) is 0 Å². The van der Waals surface area contributed by atoms with Gasteiger partial charge in [0.05, 0.1) is 4.90 Å². The third kappa shape index (κ3) is 7.40. The number of ether oxygens (including phenoxy) is 1. The molecule has 0 aliphatic carbocycles. The molecule has 1 aliphatic rings. The average molecular weight is 473 g/mol. The molecule has 7 nitrogen and oxygen atoms in total. The van der Waals surface area contributed by atoms with E-state index in [9.17, 15) is 18.0 Å². The molecule has 0 atom stereocenters. The summed E-state index contributed by atoms with van der Waals surface area (Å²) in [5.41, 5.74) is 1.84. The number of hydrogen-bond acceptors (Lipinski definition) is 5. The molecule has 0 bridgehead atoms. The van der Waals surface area contributed by atoms with Crippen molar-refractivity contribution in [2.24, 2.45) is 0 Å². The predicted molar refractivity (Wildman–Crippen MR) is 126 cm³/mol. The highest BCUT2D eigenvalue weighted by molar-refractivity contribution is 7.89. The Balaban J connectivity index is 1.44. The largest absolute Gasteiger partial charge is 0.456 e. The van der Waals surface area contributed by atoms with Crippen molar-refractivity contribution < 1.29 is 22.7 Å². The lowest BCUT2D eigenvalue weighted by Gasteiger charge is -2.20. The first-order chi connectivity index (χ1) is 15.9. The Labute approximate surface area is 196 Å². The highest BCUT2D eigenvalue weighted by Crippen LogP contribution is 2.21. The minimum absolute atomic E-state index is 0.119. The lowest BCUT2D eigenvalue weighted by molar-refractivity contribution is -0.151. The van der Waals surface area contributed by atoms with Crippen LogP contribution in [0.15, 0.2) is 59.5 Å². The summed E-state index contributed by atoms with van der Waals surface area (Å²) in [5, 5.41) is 0. The van der Waals surface area contributed by atoms with Gasteiger partial charge in [0.25, 0.3) is 5.91 Å². The van der Waals surface area contributed by atoms with Crippen LogP contribution < -0.4 is 0 Å². The molecule has 1 aliphatic heterocycles. The van der Waals surface area contributed by atoms with Gasteiger partial charge < -0.3 is 9.64 Å². The van der Waals surface area contributed by atoms with Crippen LogP contribution in [0.5, 0.6) is 0 Å². The zero-order valence-corrected chi connectivity index (χ0v) is 19.9. The van der Waals surface area contributed by atoms with Gasteiger partial charge in [-0.3, -0.25) is 9.59 Å². The molecular formula is C25H32N2O5S. The topological polar surface area (TPSA) is 84.0 Å². The number of likely N-dealkylation sites (N-methyl/N-ethyl adjacent to an activating group) is 1. The maximum atomic E-state index is 12.9. The van der Waals surface area contributed by atoms with E-state index in [1.807, 2.05) is 30.3 Å². The van der Waals surface area contributed by atoms with Gasteiger partial charge in [0, 0.05) is 33.1 Å². The lowest BCUT2D eigenvalue weighted by atomic mass is 10.1. The van der Waals surface area contributed by atoms with Gasteiger partial charge in [-0.2, -0.15) is 4.31 Å². The normalized spacial score (nSPS) is 14.9. The Morgan fingerprint density at radius 3 is 2.18 bits per heavy atom. The number of aryl methyl sites for hydroxylation is 1. The molecule has 0 spiro atoms. The fourth-order valence-corrected chi connectivity index (χ4v) is 5.29. The summed E-state index contributed by atoms with van der Waals surface area (Å²) in [6.45, 7) is 1.28. The minimum atomic E-state index is -3.48. The molecule has 1 amide bonds. The van der Waals surface area contributed by atoms with Crippen LogP contribution in [0.2, 0.25) is 0 Å². The Hall–Kier alpha value is -2.71. The molecule has 3 rings (SSSR count). The Bertz CT molecular complexity index is 1010. The highest BCUT2D eigenvalue weighted by atomic mass is 32.2. The van der Waals surface area contributed by atoms with Crippen molar-refractivity contribution in [3.8, 4) is 0 Å². The van der Waals surface area contributed by atoms with Gasteiger partial charge in [-0.15, -0.1) is 0 Å².